The van der Waals surface area contributed by atoms with E-state index in [1.807, 2.05) is 28.9 Å². The van der Waals surface area contributed by atoms with Gasteiger partial charge in [-0.3, -0.25) is 77.1 Å². The van der Waals surface area contributed by atoms with Gasteiger partial charge in [-0.1, -0.05) is 74.9 Å². The molecule has 2 aromatic rings. The molecule has 27 nitrogen and oxygen atoms in total. The molecule has 565 valence electrons. The van der Waals surface area contributed by atoms with Gasteiger partial charge in [0, 0.05) is 176 Å². The van der Waals surface area contributed by atoms with E-state index in [-0.39, 0.29) is 162 Å². The van der Waals surface area contributed by atoms with Crippen LogP contribution in [0.4, 0.5) is 0 Å². The van der Waals surface area contributed by atoms with Crippen LogP contribution in [0.25, 0.3) is 0 Å². The van der Waals surface area contributed by atoms with Crippen molar-refractivity contribution in [2.45, 2.75) is 164 Å². The van der Waals surface area contributed by atoms with E-state index in [0.29, 0.717) is 113 Å². The minimum absolute atomic E-state index is 0. The van der Waals surface area contributed by atoms with Crippen molar-refractivity contribution in [3.05, 3.63) is 83.1 Å². The molecule has 2 bridgehead atoms. The Hall–Kier alpha value is -5.35. The Bertz CT molecular complexity index is 3140. The number of aliphatic hydroxyl groups excluding tert-OH is 2. The minimum Gasteiger partial charge on any atom is -0.512 e. The van der Waals surface area contributed by atoms with Gasteiger partial charge in [-0.05, 0) is 86.3 Å². The summed E-state index contributed by atoms with van der Waals surface area (Å²) >= 11 is 4.38. The summed E-state index contributed by atoms with van der Waals surface area (Å²) in [6.07, 6.45) is 1.91. The van der Waals surface area contributed by atoms with E-state index < -0.39 is 114 Å². The summed E-state index contributed by atoms with van der Waals surface area (Å²) in [5, 5.41) is 58.9. The van der Waals surface area contributed by atoms with E-state index in [2.05, 4.69) is 28.6 Å². The standard InChI is InChI=1S/C71H104N10O17S3.Eu/c1-4-5-7-15-55(84)36-53-45-100-43-51-32-50(42-99-31-12-16-56(85)39-77-25-23-76(38-47(2)82)24-27-78(40-63(88)89)29-30-79(28-26-77)41-64(90)91)33-52(34-51)44-101-46-54(71(97)98)37-61(86)58(35-49-13-8-6-9-14-49)74-66(92)57(19-20-62(72)87)73-68(94)65(48(3)83)75-67(93)59-17-10-21-80(59)70(96)60-18-11-22-81(60)69(53)95;/h6,8-9,13-14,32-34,48,53-54,57-60,65,82-83H,2,4-5,7,10-12,15-31,35-46H2,1,3H3,(H2,72,87)(H,73,94)(H,74,92)(H,75,93)(H,88,89)(H,90,91)(H,97,98);/t48-,53+,54+,57+,58+,59+,60+,65+;/m1./s1. The molecule has 1 radical (unpaired) electrons. The van der Waals surface area contributed by atoms with Crippen LogP contribution in [-0.2, 0) is 81.2 Å². The molecule has 3 fully saturated rings. The molecule has 6 rings (SSSR count). The van der Waals surface area contributed by atoms with E-state index in [0.717, 1.165) is 29.5 Å². The number of carboxylic acid groups (broad SMARTS) is 3. The molecule has 0 unspecified atom stereocenters. The number of nitrogens with one attached hydrogen (secondary N) is 3. The Morgan fingerprint density at radius 3 is 1.74 bits per heavy atom. The van der Waals surface area contributed by atoms with Crippen LogP contribution in [0.5, 0.6) is 0 Å². The Morgan fingerprint density at radius 2 is 1.18 bits per heavy atom. The zero-order chi connectivity index (χ0) is 73.5. The van der Waals surface area contributed by atoms with Crippen LogP contribution in [-0.4, -0.2) is 271 Å². The first-order chi connectivity index (χ1) is 48.3. The molecular weight excluding hydrogens is 1510 g/mol. The number of Topliss-reactive ketones (excluding diaryl/α,β-unsaturated/α-hetero) is 3. The van der Waals surface area contributed by atoms with Gasteiger partial charge in [0.05, 0.1) is 55.9 Å². The molecule has 4 heterocycles. The molecule has 0 saturated carbocycles. The van der Waals surface area contributed by atoms with E-state index in [1.165, 1.54) is 40.2 Å². The van der Waals surface area contributed by atoms with Gasteiger partial charge >= 0.3 is 17.9 Å². The van der Waals surface area contributed by atoms with Crippen molar-refractivity contribution in [2.75, 3.05) is 109 Å². The number of thioether (sulfide) groups is 3. The molecule has 0 spiro atoms. The Labute approximate surface area is 651 Å². The number of aliphatic carboxylic acids is 3. The number of unbranched alkanes of at least 4 members (excludes halogenated alkanes) is 2. The summed E-state index contributed by atoms with van der Waals surface area (Å²) < 4.78 is 0. The zero-order valence-corrected chi connectivity index (χ0v) is 63.6. The number of aliphatic hydroxyl groups is 2. The van der Waals surface area contributed by atoms with Crippen molar-refractivity contribution in [1.29, 1.82) is 0 Å². The minimum atomic E-state index is -1.69. The maximum absolute atomic E-state index is 15.0. The number of nitrogens with zero attached hydrogens (tertiary/aromatic N) is 6. The molecular formula is C71H104EuN10O17S3. The summed E-state index contributed by atoms with van der Waals surface area (Å²) in [5.74, 6) is -8.40. The normalized spacial score (nSPS) is 23.3. The first kappa shape index (κ1) is 87.3. The summed E-state index contributed by atoms with van der Waals surface area (Å²) in [6, 6.07) is 8.12. The molecule has 0 aromatic heterocycles. The molecule has 102 heavy (non-hydrogen) atoms. The van der Waals surface area contributed by atoms with Crippen LogP contribution in [0.2, 0.25) is 0 Å². The number of amides is 6. The molecule has 2 aromatic carbocycles. The second-order valence-electron chi connectivity index (χ2n) is 26.9. The van der Waals surface area contributed by atoms with E-state index in [9.17, 15) is 83.1 Å². The SMILES string of the molecule is C=C(O)CN1CCN(CC(=O)O)CCN(CC(=O)O)CCN(CC(=O)CCCSCc2cc3cc(c2)CSC[C@H](CC(=O)CCCCC)C(=O)N2CCC[C@H]2C(=O)N2CCC[C@H]2C(=O)N[C@@H]([C@@H](C)O)C(=O)N[C@@H](CCC(N)=O)C(=O)N[C@@H](Cc2ccccc2)C(=O)C[C@H](C(=O)O)CSC3)CC1.[Eu]. The number of carbonyl (C=O) groups excluding carboxylic acids is 9. The second kappa shape index (κ2) is 45.9. The Morgan fingerprint density at radius 1 is 0.627 bits per heavy atom. The fourth-order valence-electron chi connectivity index (χ4n) is 13.1. The number of nitrogens with two attached hydrogens (primary N) is 1. The molecule has 8 atom stereocenters. The van der Waals surface area contributed by atoms with Gasteiger partial charge in [0.1, 0.15) is 35.7 Å². The van der Waals surface area contributed by atoms with Crippen molar-refractivity contribution in [2.24, 2.45) is 17.6 Å². The summed E-state index contributed by atoms with van der Waals surface area (Å²) in [4.78, 5) is 174. The fourth-order valence-corrected chi connectivity index (χ4v) is 16.1. The van der Waals surface area contributed by atoms with Gasteiger partial charge in [-0.2, -0.15) is 35.3 Å². The van der Waals surface area contributed by atoms with Gasteiger partial charge in [-0.15, -0.1) is 0 Å². The van der Waals surface area contributed by atoms with Crippen LogP contribution in [0.1, 0.15) is 126 Å². The number of primary amides is 1. The van der Waals surface area contributed by atoms with Gasteiger partial charge < -0.3 is 57.0 Å². The molecule has 4 aliphatic heterocycles. The van der Waals surface area contributed by atoms with Crippen molar-refractivity contribution >= 4 is 106 Å². The number of carboxylic acids is 3. The van der Waals surface area contributed by atoms with Crippen LogP contribution in [0.15, 0.2) is 60.9 Å². The van der Waals surface area contributed by atoms with Crippen LogP contribution < -0.4 is 21.7 Å². The molecule has 6 amide bonds. The first-order valence-corrected chi connectivity index (χ1v) is 38.6. The Kier molecular flexibility index (Phi) is 39.3. The van der Waals surface area contributed by atoms with Crippen molar-refractivity contribution < 1.29 is 132 Å². The molecule has 4 aliphatic rings. The van der Waals surface area contributed by atoms with Crippen molar-refractivity contribution in [3.63, 3.8) is 0 Å². The number of hydrogen-bond acceptors (Lipinski definition) is 21. The maximum Gasteiger partial charge on any atom is 0.317 e. The third kappa shape index (κ3) is 30.6. The van der Waals surface area contributed by atoms with Crippen molar-refractivity contribution in [3.8, 4) is 0 Å². The van der Waals surface area contributed by atoms with Crippen LogP contribution >= 0.6 is 35.3 Å². The zero-order valence-electron chi connectivity index (χ0n) is 58.7. The molecule has 10 N–H and O–H groups in total. The Balaban J connectivity index is 0.0000187. The van der Waals surface area contributed by atoms with Crippen LogP contribution in [0.3, 0.4) is 0 Å². The number of benzene rings is 2. The molecule has 0 aliphatic carbocycles. The van der Waals surface area contributed by atoms with Crippen LogP contribution in [0, 0.1) is 61.2 Å². The van der Waals surface area contributed by atoms with Crippen molar-refractivity contribution in [1.82, 2.24) is 45.3 Å². The first-order valence-electron chi connectivity index (χ1n) is 35.1. The topological polar surface area (TPSA) is 388 Å². The number of hydrogen-bond donors (Lipinski definition) is 9. The molecule has 31 heteroatoms. The third-order valence-electron chi connectivity index (χ3n) is 18.5. The number of fused-ring (bicyclic) bond motifs is 4. The molecule has 3 saturated heterocycles. The summed E-state index contributed by atoms with van der Waals surface area (Å²) in [5.41, 5.74) is 8.81. The summed E-state index contributed by atoms with van der Waals surface area (Å²) in [6.45, 7) is 9.98. The average Bonchev–Trinajstić information content (AvgIpc) is 1.63. The second-order valence-corrected chi connectivity index (χ2v) is 30.0. The smallest absolute Gasteiger partial charge is 0.317 e. The van der Waals surface area contributed by atoms with E-state index >= 15 is 0 Å². The van der Waals surface area contributed by atoms with Gasteiger partial charge in [-0.25, -0.2) is 0 Å². The number of ketones is 3. The monoisotopic (exact) mass is 1620 g/mol. The van der Waals surface area contributed by atoms with E-state index in [4.69, 9.17) is 5.73 Å². The average molecular weight is 1620 g/mol. The summed E-state index contributed by atoms with van der Waals surface area (Å²) in [7, 11) is 0. The number of rotatable bonds is 27. The van der Waals surface area contributed by atoms with Gasteiger partial charge in [0.15, 0.2) is 5.78 Å². The maximum atomic E-state index is 15.0. The fraction of sp³-hybridized carbons (Fsp3) is 0.634. The van der Waals surface area contributed by atoms with E-state index in [1.54, 1.807) is 51.9 Å². The van der Waals surface area contributed by atoms with Gasteiger partial charge in [0.2, 0.25) is 35.4 Å². The largest absolute Gasteiger partial charge is 0.512 e. The quantitative estimate of drug-likeness (QED) is 0.0457. The third-order valence-corrected chi connectivity index (χ3v) is 21.9. The predicted molar refractivity (Wildman–Crippen MR) is 385 cm³/mol. The van der Waals surface area contributed by atoms with Gasteiger partial charge in [0.25, 0.3) is 0 Å². The number of carbonyl (C=O) groups is 12. The predicted octanol–water partition coefficient (Wildman–Crippen LogP) is 3.35.